The summed E-state index contributed by atoms with van der Waals surface area (Å²) in [5.74, 6) is -0.194. The summed E-state index contributed by atoms with van der Waals surface area (Å²) in [5, 5.41) is 6.95. The number of nitrogens with one attached hydrogen (secondary N) is 1. The predicted octanol–water partition coefficient (Wildman–Crippen LogP) is 1.62. The first-order chi connectivity index (χ1) is 11.6. The highest BCUT2D eigenvalue weighted by atomic mass is 16.5. The van der Waals surface area contributed by atoms with Crippen molar-refractivity contribution in [3.63, 3.8) is 0 Å². The number of urea groups is 1. The number of hydrogen-bond acceptors (Lipinski definition) is 5. The maximum atomic E-state index is 12.4. The van der Waals surface area contributed by atoms with Crippen molar-refractivity contribution in [1.82, 2.24) is 19.7 Å². The number of rotatable bonds is 3. The number of carbonyl (C=O) groups is 2. The van der Waals surface area contributed by atoms with E-state index in [1.54, 1.807) is 15.6 Å². The van der Waals surface area contributed by atoms with Gasteiger partial charge in [0.05, 0.1) is 30.8 Å². The number of hydrogen-bond donors (Lipinski definition) is 1. The first-order valence-electron chi connectivity index (χ1n) is 7.64. The van der Waals surface area contributed by atoms with Crippen molar-refractivity contribution in [2.45, 2.75) is 12.3 Å². The molecule has 0 aromatic carbocycles. The minimum atomic E-state index is -0.489. The summed E-state index contributed by atoms with van der Waals surface area (Å²) in [7, 11) is 3.18. The van der Waals surface area contributed by atoms with Crippen molar-refractivity contribution in [3.05, 3.63) is 42.0 Å². The Bertz CT molecular complexity index is 758. The van der Waals surface area contributed by atoms with Crippen molar-refractivity contribution in [3.8, 4) is 0 Å². The number of aromatic nitrogens is 3. The molecule has 1 aliphatic heterocycles. The molecule has 2 aromatic rings. The number of ether oxygens (including phenoxy) is 1. The van der Waals surface area contributed by atoms with Crippen LogP contribution in [0, 0.1) is 0 Å². The molecule has 1 atom stereocenters. The number of methoxy groups -OCH3 is 1. The minimum absolute atomic E-state index is 0.204. The topological polar surface area (TPSA) is 89.3 Å². The zero-order chi connectivity index (χ0) is 17.1. The lowest BCUT2D eigenvalue weighted by Crippen LogP contribution is -2.32. The number of carbonyl (C=O) groups excluding carboxylic acids is 2. The Balaban J connectivity index is 1.63. The SMILES string of the molecule is COC(=O)c1cncc(NC(=O)N2CCC(c3cnn(C)c3)C2)c1. The predicted molar refractivity (Wildman–Crippen MR) is 86.7 cm³/mol. The van der Waals surface area contributed by atoms with Crippen LogP contribution >= 0.6 is 0 Å². The Morgan fingerprint density at radius 3 is 2.88 bits per heavy atom. The molecule has 24 heavy (non-hydrogen) atoms. The van der Waals surface area contributed by atoms with Crippen LogP contribution in [-0.2, 0) is 11.8 Å². The summed E-state index contributed by atoms with van der Waals surface area (Å²) < 4.78 is 6.42. The van der Waals surface area contributed by atoms with Crippen LogP contribution in [-0.4, -0.2) is 51.9 Å². The minimum Gasteiger partial charge on any atom is -0.465 e. The standard InChI is InChI=1S/C16H19N5O3/c1-20-9-13(7-18-20)11-3-4-21(10-11)16(23)19-14-5-12(6-17-8-14)15(22)24-2/h5-9,11H,3-4,10H2,1-2H3,(H,19,23). The maximum Gasteiger partial charge on any atom is 0.339 e. The summed E-state index contributed by atoms with van der Waals surface area (Å²) in [6.45, 7) is 1.32. The maximum absolute atomic E-state index is 12.4. The summed E-state index contributed by atoms with van der Waals surface area (Å²) in [6.07, 6.45) is 7.62. The van der Waals surface area contributed by atoms with E-state index in [4.69, 9.17) is 0 Å². The fourth-order valence-corrected chi connectivity index (χ4v) is 2.81. The Hall–Kier alpha value is -2.90. The molecule has 1 aliphatic rings. The van der Waals surface area contributed by atoms with Gasteiger partial charge < -0.3 is 15.0 Å². The summed E-state index contributed by atoms with van der Waals surface area (Å²) in [6, 6.07) is 1.34. The lowest BCUT2D eigenvalue weighted by molar-refractivity contribution is 0.0600. The number of anilines is 1. The summed E-state index contributed by atoms with van der Waals surface area (Å²) in [4.78, 5) is 29.6. The molecule has 0 spiro atoms. The van der Waals surface area contributed by atoms with Gasteiger partial charge in [0.2, 0.25) is 0 Å². The molecule has 0 saturated carbocycles. The highest BCUT2D eigenvalue weighted by Gasteiger charge is 2.28. The van der Waals surface area contributed by atoms with Crippen LogP contribution in [0.3, 0.4) is 0 Å². The average molecular weight is 329 g/mol. The quantitative estimate of drug-likeness (QED) is 0.864. The first-order valence-corrected chi connectivity index (χ1v) is 7.64. The lowest BCUT2D eigenvalue weighted by Gasteiger charge is -2.17. The number of pyridine rings is 1. The van der Waals surface area contributed by atoms with Gasteiger partial charge in [0.25, 0.3) is 0 Å². The van der Waals surface area contributed by atoms with Gasteiger partial charge in [-0.25, -0.2) is 9.59 Å². The molecule has 126 valence electrons. The molecule has 0 bridgehead atoms. The highest BCUT2D eigenvalue weighted by molar-refractivity contribution is 5.93. The van der Waals surface area contributed by atoms with Gasteiger partial charge in [-0.3, -0.25) is 9.67 Å². The molecule has 8 nitrogen and oxygen atoms in total. The van der Waals surface area contributed by atoms with Crippen LogP contribution in [0.4, 0.5) is 10.5 Å². The van der Waals surface area contributed by atoms with Gasteiger partial charge in [0.15, 0.2) is 0 Å². The number of amides is 2. The third-order valence-corrected chi connectivity index (χ3v) is 4.08. The lowest BCUT2D eigenvalue weighted by atomic mass is 10.0. The van der Waals surface area contributed by atoms with Gasteiger partial charge in [-0.1, -0.05) is 0 Å². The summed E-state index contributed by atoms with van der Waals surface area (Å²) >= 11 is 0. The average Bonchev–Trinajstić information content (AvgIpc) is 3.23. The Kier molecular flexibility index (Phi) is 4.45. The Labute approximate surface area is 139 Å². The molecule has 1 unspecified atom stereocenters. The van der Waals surface area contributed by atoms with Crippen LogP contribution < -0.4 is 5.32 Å². The fraction of sp³-hybridized carbons (Fsp3) is 0.375. The van der Waals surface area contributed by atoms with Gasteiger partial charge in [-0.2, -0.15) is 5.10 Å². The molecule has 3 rings (SSSR count). The molecule has 3 heterocycles. The first kappa shape index (κ1) is 16.0. The van der Waals surface area contributed by atoms with Gasteiger partial charge in [0.1, 0.15) is 0 Å². The number of aryl methyl sites for hydroxylation is 1. The largest absolute Gasteiger partial charge is 0.465 e. The molecule has 0 aliphatic carbocycles. The smallest absolute Gasteiger partial charge is 0.339 e. The Morgan fingerprint density at radius 2 is 2.17 bits per heavy atom. The van der Waals surface area contributed by atoms with Crippen molar-refractivity contribution in [2.75, 3.05) is 25.5 Å². The third kappa shape index (κ3) is 3.37. The molecular formula is C16H19N5O3. The second-order valence-electron chi connectivity index (χ2n) is 5.76. The number of esters is 1. The monoisotopic (exact) mass is 329 g/mol. The van der Waals surface area contributed by atoms with Crippen LogP contribution in [0.25, 0.3) is 0 Å². The van der Waals surface area contributed by atoms with Crippen molar-refractivity contribution < 1.29 is 14.3 Å². The molecule has 1 saturated heterocycles. The van der Waals surface area contributed by atoms with E-state index in [1.807, 2.05) is 19.4 Å². The van der Waals surface area contributed by atoms with E-state index < -0.39 is 5.97 Å². The Morgan fingerprint density at radius 1 is 1.33 bits per heavy atom. The van der Waals surface area contributed by atoms with E-state index in [-0.39, 0.29) is 6.03 Å². The van der Waals surface area contributed by atoms with E-state index in [1.165, 1.54) is 19.5 Å². The van der Waals surface area contributed by atoms with Gasteiger partial charge in [-0.05, 0) is 18.1 Å². The fourth-order valence-electron chi connectivity index (χ4n) is 2.81. The van der Waals surface area contributed by atoms with Gasteiger partial charge in [-0.15, -0.1) is 0 Å². The van der Waals surface area contributed by atoms with E-state index in [2.05, 4.69) is 20.1 Å². The zero-order valence-electron chi connectivity index (χ0n) is 13.6. The molecule has 0 radical (unpaired) electrons. The molecular weight excluding hydrogens is 310 g/mol. The van der Waals surface area contributed by atoms with Crippen molar-refractivity contribution >= 4 is 17.7 Å². The van der Waals surface area contributed by atoms with E-state index in [9.17, 15) is 9.59 Å². The van der Waals surface area contributed by atoms with Gasteiger partial charge >= 0.3 is 12.0 Å². The van der Waals surface area contributed by atoms with Crippen molar-refractivity contribution in [2.24, 2.45) is 7.05 Å². The molecule has 2 amide bonds. The van der Waals surface area contributed by atoms with Gasteiger partial charge in [0, 0.05) is 38.4 Å². The number of likely N-dealkylation sites (tertiary alicyclic amines) is 1. The molecule has 2 aromatic heterocycles. The van der Waals surface area contributed by atoms with Crippen molar-refractivity contribution in [1.29, 1.82) is 0 Å². The van der Waals surface area contributed by atoms with E-state index in [0.717, 1.165) is 12.0 Å². The second kappa shape index (κ2) is 6.69. The zero-order valence-corrected chi connectivity index (χ0v) is 13.6. The second-order valence-corrected chi connectivity index (χ2v) is 5.76. The molecule has 1 fully saturated rings. The molecule has 8 heteroatoms. The van der Waals surface area contributed by atoms with E-state index in [0.29, 0.717) is 30.3 Å². The number of nitrogens with zero attached hydrogens (tertiary/aromatic N) is 4. The third-order valence-electron chi connectivity index (χ3n) is 4.08. The normalized spacial score (nSPS) is 16.9. The van der Waals surface area contributed by atoms with Crippen LogP contribution in [0.5, 0.6) is 0 Å². The molecule has 1 N–H and O–H groups in total. The highest BCUT2D eigenvalue weighted by Crippen LogP contribution is 2.27. The van der Waals surface area contributed by atoms with Crippen LogP contribution in [0.15, 0.2) is 30.9 Å². The van der Waals surface area contributed by atoms with E-state index >= 15 is 0 Å². The van der Waals surface area contributed by atoms with Crippen LogP contribution in [0.1, 0.15) is 28.3 Å². The van der Waals surface area contributed by atoms with Crippen LogP contribution in [0.2, 0.25) is 0 Å². The summed E-state index contributed by atoms with van der Waals surface area (Å²) in [5.41, 5.74) is 1.90.